The molecule has 4 aromatic rings. The molecular weight excluding hydrogens is 451 g/mol. The number of hydrogen-bond acceptors (Lipinski definition) is 7. The van der Waals surface area contributed by atoms with E-state index < -0.39 is 11.4 Å². The average molecular weight is 477 g/mol. The second-order valence-electron chi connectivity index (χ2n) is 8.53. The topological polar surface area (TPSA) is 80.3 Å². The molecule has 0 spiro atoms. The Labute approximate surface area is 201 Å². The van der Waals surface area contributed by atoms with Crippen LogP contribution in [0.1, 0.15) is 17.5 Å². The molecule has 1 unspecified atom stereocenters. The summed E-state index contributed by atoms with van der Waals surface area (Å²) in [6.45, 7) is 5.26. The lowest BCUT2D eigenvalue weighted by molar-refractivity contribution is 0.122. The highest BCUT2D eigenvalue weighted by atomic mass is 32.1. The Morgan fingerprint density at radius 2 is 2.03 bits per heavy atom. The van der Waals surface area contributed by atoms with Crippen molar-refractivity contribution in [3.05, 3.63) is 64.6 Å². The van der Waals surface area contributed by atoms with Gasteiger partial charge in [0.1, 0.15) is 10.7 Å². The molecule has 34 heavy (non-hydrogen) atoms. The summed E-state index contributed by atoms with van der Waals surface area (Å²) in [6.07, 6.45) is 4.60. The fourth-order valence-corrected chi connectivity index (χ4v) is 4.65. The molecule has 0 saturated carbocycles. The smallest absolute Gasteiger partial charge is 0.174 e. The SMILES string of the molecule is CN1CCN(c2ccc(C#CC(C)(O)c3nccs3)cc2Nc2c(F)cnc3[nH]ccc23)CC1. The molecule has 1 aliphatic rings. The van der Waals surface area contributed by atoms with Gasteiger partial charge >= 0.3 is 0 Å². The third-order valence-corrected chi connectivity index (χ3v) is 6.92. The maximum atomic E-state index is 14.8. The van der Waals surface area contributed by atoms with Crippen molar-refractivity contribution in [3.63, 3.8) is 0 Å². The molecule has 0 amide bonds. The number of aliphatic hydroxyl groups is 1. The Hall–Kier alpha value is -3.45. The number of thiazole rings is 1. The molecular formula is C25H25FN6OS. The van der Waals surface area contributed by atoms with Crippen molar-refractivity contribution < 1.29 is 9.50 Å². The summed E-state index contributed by atoms with van der Waals surface area (Å²) < 4.78 is 14.8. The van der Waals surface area contributed by atoms with E-state index >= 15 is 0 Å². The summed E-state index contributed by atoms with van der Waals surface area (Å²) in [7, 11) is 2.11. The van der Waals surface area contributed by atoms with Gasteiger partial charge in [-0.1, -0.05) is 11.8 Å². The number of aromatic nitrogens is 3. The zero-order chi connectivity index (χ0) is 23.7. The summed E-state index contributed by atoms with van der Waals surface area (Å²) in [5, 5.41) is 17.1. The van der Waals surface area contributed by atoms with Crippen LogP contribution in [0.25, 0.3) is 11.0 Å². The Balaban J connectivity index is 1.54. The van der Waals surface area contributed by atoms with Crippen molar-refractivity contribution in [2.24, 2.45) is 0 Å². The van der Waals surface area contributed by atoms with Crippen molar-refractivity contribution in [1.82, 2.24) is 19.9 Å². The first kappa shape index (κ1) is 22.3. The van der Waals surface area contributed by atoms with Gasteiger partial charge in [-0.15, -0.1) is 11.3 Å². The summed E-state index contributed by atoms with van der Waals surface area (Å²) >= 11 is 1.36. The van der Waals surface area contributed by atoms with Crippen molar-refractivity contribution in [2.45, 2.75) is 12.5 Å². The minimum atomic E-state index is -1.35. The van der Waals surface area contributed by atoms with E-state index in [0.717, 1.165) is 37.6 Å². The number of aromatic amines is 1. The first-order valence-corrected chi connectivity index (χ1v) is 11.9. The van der Waals surface area contributed by atoms with Gasteiger partial charge < -0.3 is 25.2 Å². The van der Waals surface area contributed by atoms with Gasteiger partial charge in [0, 0.05) is 54.9 Å². The van der Waals surface area contributed by atoms with E-state index in [1.165, 1.54) is 17.5 Å². The van der Waals surface area contributed by atoms with Crippen LogP contribution in [0.3, 0.4) is 0 Å². The Bertz CT molecular complexity index is 1360. The van der Waals surface area contributed by atoms with Crippen LogP contribution in [-0.4, -0.2) is 58.2 Å². The Morgan fingerprint density at radius 3 is 2.79 bits per heavy atom. The van der Waals surface area contributed by atoms with E-state index in [-0.39, 0.29) is 0 Å². The van der Waals surface area contributed by atoms with Crippen LogP contribution in [0.5, 0.6) is 0 Å². The van der Waals surface area contributed by atoms with Gasteiger partial charge in [0.25, 0.3) is 0 Å². The van der Waals surface area contributed by atoms with Crippen LogP contribution < -0.4 is 10.2 Å². The molecule has 4 heterocycles. The molecule has 1 atom stereocenters. The second kappa shape index (κ2) is 9.06. The summed E-state index contributed by atoms with van der Waals surface area (Å²) in [6, 6.07) is 7.64. The number of likely N-dealkylation sites (N-methyl/N-ethyl adjacent to an activating group) is 1. The quantitative estimate of drug-likeness (QED) is 0.388. The number of halogens is 1. The Morgan fingerprint density at radius 1 is 1.21 bits per heavy atom. The van der Waals surface area contributed by atoms with Crippen LogP contribution in [-0.2, 0) is 5.60 Å². The first-order chi connectivity index (χ1) is 16.4. The van der Waals surface area contributed by atoms with Crippen LogP contribution in [0.15, 0.2) is 48.2 Å². The second-order valence-corrected chi connectivity index (χ2v) is 9.42. The van der Waals surface area contributed by atoms with E-state index in [1.54, 1.807) is 25.4 Å². The molecule has 5 rings (SSSR count). The van der Waals surface area contributed by atoms with Gasteiger partial charge in [0.15, 0.2) is 11.4 Å². The lowest BCUT2D eigenvalue weighted by Crippen LogP contribution is -2.44. The van der Waals surface area contributed by atoms with E-state index in [4.69, 9.17) is 0 Å². The van der Waals surface area contributed by atoms with Crippen molar-refractivity contribution in [2.75, 3.05) is 43.4 Å². The maximum absolute atomic E-state index is 14.8. The summed E-state index contributed by atoms with van der Waals surface area (Å²) in [4.78, 5) is 15.9. The van der Waals surface area contributed by atoms with Gasteiger partial charge in [0.2, 0.25) is 0 Å². The number of pyridine rings is 1. The molecule has 3 N–H and O–H groups in total. The lowest BCUT2D eigenvalue weighted by Gasteiger charge is -2.35. The van der Waals surface area contributed by atoms with Gasteiger partial charge in [-0.3, -0.25) is 0 Å². The normalized spacial score (nSPS) is 16.2. The highest BCUT2D eigenvalue weighted by molar-refractivity contribution is 7.09. The third-order valence-electron chi connectivity index (χ3n) is 5.94. The molecule has 1 aromatic carbocycles. The number of hydrogen-bond donors (Lipinski definition) is 3. The van der Waals surface area contributed by atoms with E-state index in [1.807, 2.05) is 23.6 Å². The van der Waals surface area contributed by atoms with Crippen LogP contribution >= 0.6 is 11.3 Å². The molecule has 1 aliphatic heterocycles. The summed E-state index contributed by atoms with van der Waals surface area (Å²) in [5.41, 5.74) is 2.05. The highest BCUT2D eigenvalue weighted by Crippen LogP contribution is 2.34. The first-order valence-electron chi connectivity index (χ1n) is 11.0. The molecule has 1 saturated heterocycles. The molecule has 174 valence electrons. The number of nitrogens with zero attached hydrogens (tertiary/aromatic N) is 4. The molecule has 0 radical (unpaired) electrons. The number of nitrogens with one attached hydrogen (secondary N) is 2. The van der Waals surface area contributed by atoms with E-state index in [0.29, 0.717) is 27.3 Å². The molecule has 0 aliphatic carbocycles. The van der Waals surface area contributed by atoms with Gasteiger partial charge in [-0.2, -0.15) is 0 Å². The monoisotopic (exact) mass is 476 g/mol. The van der Waals surface area contributed by atoms with Crippen molar-refractivity contribution >= 4 is 39.4 Å². The minimum Gasteiger partial charge on any atom is -0.371 e. The fraction of sp³-hybridized carbons (Fsp3) is 0.280. The van der Waals surface area contributed by atoms with Crippen LogP contribution in [0.2, 0.25) is 0 Å². The number of anilines is 3. The number of benzene rings is 1. The van der Waals surface area contributed by atoms with E-state index in [9.17, 15) is 9.50 Å². The highest BCUT2D eigenvalue weighted by Gasteiger charge is 2.23. The van der Waals surface area contributed by atoms with Gasteiger partial charge in [-0.05, 0) is 38.2 Å². The van der Waals surface area contributed by atoms with Crippen LogP contribution in [0.4, 0.5) is 21.5 Å². The number of H-pyrrole nitrogens is 1. The van der Waals surface area contributed by atoms with Crippen molar-refractivity contribution in [1.29, 1.82) is 0 Å². The number of fused-ring (bicyclic) bond motifs is 1. The van der Waals surface area contributed by atoms with Gasteiger partial charge in [0.05, 0.1) is 23.3 Å². The molecule has 1 fully saturated rings. The summed E-state index contributed by atoms with van der Waals surface area (Å²) in [5.74, 6) is 5.57. The minimum absolute atomic E-state index is 0.363. The predicted octanol–water partition coefficient (Wildman–Crippen LogP) is 3.91. The van der Waals surface area contributed by atoms with Gasteiger partial charge in [-0.25, -0.2) is 14.4 Å². The number of rotatable bonds is 4. The number of piperazine rings is 1. The largest absolute Gasteiger partial charge is 0.371 e. The maximum Gasteiger partial charge on any atom is 0.174 e. The molecule has 3 aromatic heterocycles. The standard InChI is InChI=1S/C25H25FN6OS/c1-25(33,24-28-9-14-34-24)7-5-17-3-4-21(32-12-10-31(2)11-13-32)20(15-17)30-22-18-6-8-27-23(18)29-16-19(22)26/h3-4,6,8-9,14-16,33H,10-13H2,1-2H3,(H2,27,29,30). The molecule has 0 bridgehead atoms. The third kappa shape index (κ3) is 4.48. The predicted molar refractivity (Wildman–Crippen MR) is 134 cm³/mol. The Kier molecular flexibility index (Phi) is 5.96. The fourth-order valence-electron chi connectivity index (χ4n) is 3.99. The molecule has 7 nitrogen and oxygen atoms in total. The zero-order valence-corrected chi connectivity index (χ0v) is 19.8. The van der Waals surface area contributed by atoms with Crippen molar-refractivity contribution in [3.8, 4) is 11.8 Å². The molecule has 9 heteroatoms. The van der Waals surface area contributed by atoms with E-state index in [2.05, 4.69) is 49.0 Å². The lowest BCUT2D eigenvalue weighted by atomic mass is 10.1. The zero-order valence-electron chi connectivity index (χ0n) is 19.0. The average Bonchev–Trinajstić information content (AvgIpc) is 3.53. The van der Waals surface area contributed by atoms with Crippen LogP contribution in [0, 0.1) is 17.7 Å².